The van der Waals surface area contributed by atoms with Crippen LogP contribution in [0.15, 0.2) is 24.3 Å². The highest BCUT2D eigenvalue weighted by molar-refractivity contribution is 5.90. The van der Waals surface area contributed by atoms with Gasteiger partial charge in [0.25, 0.3) is 0 Å². The van der Waals surface area contributed by atoms with E-state index < -0.39 is 0 Å². The first kappa shape index (κ1) is 24.0. The summed E-state index contributed by atoms with van der Waals surface area (Å²) in [5, 5.41) is 11.4. The molecule has 0 radical (unpaired) electrons. The Hall–Kier alpha value is -2.02. The predicted molar refractivity (Wildman–Crippen MR) is 106 cm³/mol. The number of hydrogen-bond acceptors (Lipinski definition) is 7. The number of amides is 1. The minimum absolute atomic E-state index is 0.101. The first-order chi connectivity index (χ1) is 13.8. The fourth-order valence-electron chi connectivity index (χ4n) is 2.19. The van der Waals surface area contributed by atoms with Gasteiger partial charge in [-0.1, -0.05) is 12.1 Å². The third-order valence-corrected chi connectivity index (χ3v) is 3.61. The molecule has 1 amide bonds. The van der Waals surface area contributed by atoms with Crippen molar-refractivity contribution < 1.29 is 23.7 Å². The van der Waals surface area contributed by atoms with Gasteiger partial charge in [0.2, 0.25) is 5.91 Å². The number of nitrogens with two attached hydrogens (primary N) is 1. The van der Waals surface area contributed by atoms with Crippen LogP contribution in [0.25, 0.3) is 0 Å². The summed E-state index contributed by atoms with van der Waals surface area (Å²) in [7, 11) is 0. The molecule has 0 atom stereocenters. The number of hydrogen-bond donors (Lipinski definition) is 2. The molecule has 0 saturated carbocycles. The van der Waals surface area contributed by atoms with Crippen molar-refractivity contribution in [3.63, 3.8) is 0 Å². The average molecular weight is 393 g/mol. The van der Waals surface area contributed by atoms with Crippen LogP contribution in [0.2, 0.25) is 0 Å². The number of ether oxygens (including phenoxy) is 4. The lowest BCUT2D eigenvalue weighted by atomic mass is 10.1. The summed E-state index contributed by atoms with van der Waals surface area (Å²) in [4.78, 5) is 11.9. The molecule has 0 unspecified atom stereocenters. The maximum Gasteiger partial charge on any atom is 0.226 e. The minimum atomic E-state index is -0.101. The highest BCUT2D eigenvalue weighted by Crippen LogP contribution is 2.11. The van der Waals surface area contributed by atoms with Gasteiger partial charge in [0.05, 0.1) is 65.3 Å². The molecular formula is C20H31N3O5. The lowest BCUT2D eigenvalue weighted by Gasteiger charge is -2.08. The maximum absolute atomic E-state index is 11.9. The number of rotatable bonds is 17. The van der Waals surface area contributed by atoms with E-state index in [1.807, 2.05) is 24.3 Å². The van der Waals surface area contributed by atoms with E-state index in [0.29, 0.717) is 65.8 Å². The number of benzene rings is 1. The highest BCUT2D eigenvalue weighted by atomic mass is 16.6. The van der Waals surface area contributed by atoms with Crippen LogP contribution in [0, 0.1) is 11.3 Å². The topological polar surface area (TPSA) is 116 Å². The number of aryl methyl sites for hydroxylation is 1. The van der Waals surface area contributed by atoms with Crippen LogP contribution in [0.4, 0.5) is 5.69 Å². The molecule has 1 aromatic rings. The zero-order valence-corrected chi connectivity index (χ0v) is 16.4. The van der Waals surface area contributed by atoms with Crippen LogP contribution >= 0.6 is 0 Å². The molecule has 0 bridgehead atoms. The Morgan fingerprint density at radius 3 is 1.96 bits per heavy atom. The summed E-state index contributed by atoms with van der Waals surface area (Å²) in [6.07, 6.45) is 1.49. The monoisotopic (exact) mass is 393 g/mol. The summed E-state index contributed by atoms with van der Waals surface area (Å²) >= 11 is 0. The number of anilines is 1. The van der Waals surface area contributed by atoms with Gasteiger partial charge in [0.1, 0.15) is 0 Å². The Morgan fingerprint density at radius 2 is 1.43 bits per heavy atom. The van der Waals surface area contributed by atoms with Gasteiger partial charge < -0.3 is 30.0 Å². The van der Waals surface area contributed by atoms with Crippen molar-refractivity contribution in [2.45, 2.75) is 19.3 Å². The van der Waals surface area contributed by atoms with E-state index in [4.69, 9.17) is 29.9 Å². The highest BCUT2D eigenvalue weighted by Gasteiger charge is 2.03. The van der Waals surface area contributed by atoms with Gasteiger partial charge >= 0.3 is 0 Å². The largest absolute Gasteiger partial charge is 0.379 e. The number of nitrogens with one attached hydrogen (secondary N) is 1. The van der Waals surface area contributed by atoms with Crippen molar-refractivity contribution >= 4 is 11.6 Å². The molecule has 0 fully saturated rings. The quantitative estimate of drug-likeness (QED) is 0.385. The van der Waals surface area contributed by atoms with Crippen molar-refractivity contribution in [1.82, 2.24) is 0 Å². The van der Waals surface area contributed by atoms with Gasteiger partial charge in [-0.3, -0.25) is 4.79 Å². The van der Waals surface area contributed by atoms with Gasteiger partial charge in [-0.25, -0.2) is 0 Å². The first-order valence-corrected chi connectivity index (χ1v) is 9.53. The summed E-state index contributed by atoms with van der Waals surface area (Å²) in [6.45, 7) is 4.34. The van der Waals surface area contributed by atoms with E-state index in [2.05, 4.69) is 11.4 Å². The SMILES string of the molecule is N#CCCc1ccc(NC(=O)CCOCCOCCOCCOCCN)cc1. The molecule has 0 heterocycles. The van der Waals surface area contributed by atoms with Crippen LogP contribution in [0.5, 0.6) is 0 Å². The molecular weight excluding hydrogens is 362 g/mol. The Labute approximate surface area is 166 Å². The van der Waals surface area contributed by atoms with Crippen LogP contribution in [0.3, 0.4) is 0 Å². The van der Waals surface area contributed by atoms with Crippen LogP contribution in [-0.2, 0) is 30.2 Å². The van der Waals surface area contributed by atoms with Crippen molar-refractivity contribution in [2.24, 2.45) is 5.73 Å². The zero-order valence-electron chi connectivity index (χ0n) is 16.4. The van der Waals surface area contributed by atoms with Crippen molar-refractivity contribution in [2.75, 3.05) is 64.7 Å². The normalized spacial score (nSPS) is 10.6. The predicted octanol–water partition coefficient (Wildman–Crippen LogP) is 1.50. The Balaban J connectivity index is 1.93. The van der Waals surface area contributed by atoms with Gasteiger partial charge in [0.15, 0.2) is 0 Å². The first-order valence-electron chi connectivity index (χ1n) is 9.53. The third kappa shape index (κ3) is 13.2. The summed E-state index contributed by atoms with van der Waals surface area (Å²) in [5.41, 5.74) is 7.12. The molecule has 1 aromatic carbocycles. The lowest BCUT2D eigenvalue weighted by Crippen LogP contribution is -2.16. The second-order valence-electron chi connectivity index (χ2n) is 5.89. The molecule has 0 saturated heterocycles. The van der Waals surface area contributed by atoms with Crippen LogP contribution in [0.1, 0.15) is 18.4 Å². The third-order valence-electron chi connectivity index (χ3n) is 3.61. The Morgan fingerprint density at radius 1 is 0.893 bits per heavy atom. The van der Waals surface area contributed by atoms with Gasteiger partial charge in [0, 0.05) is 18.7 Å². The van der Waals surface area contributed by atoms with E-state index in [1.165, 1.54) is 0 Å². The summed E-state index contributed by atoms with van der Waals surface area (Å²) in [6, 6.07) is 9.62. The van der Waals surface area contributed by atoms with E-state index in [1.54, 1.807) is 0 Å². The molecule has 0 spiro atoms. The van der Waals surface area contributed by atoms with Crippen LogP contribution < -0.4 is 11.1 Å². The second kappa shape index (κ2) is 17.1. The van der Waals surface area contributed by atoms with Crippen molar-refractivity contribution in [3.05, 3.63) is 29.8 Å². The molecule has 3 N–H and O–H groups in total. The van der Waals surface area contributed by atoms with Gasteiger partial charge in [-0.15, -0.1) is 0 Å². The lowest BCUT2D eigenvalue weighted by molar-refractivity contribution is -0.117. The molecule has 8 heteroatoms. The number of nitriles is 1. The fourth-order valence-corrected chi connectivity index (χ4v) is 2.19. The Bertz CT molecular complexity index is 560. The molecule has 28 heavy (non-hydrogen) atoms. The van der Waals surface area contributed by atoms with Gasteiger partial charge in [-0.05, 0) is 24.1 Å². The summed E-state index contributed by atoms with van der Waals surface area (Å²) in [5.74, 6) is -0.101. The standard InChI is InChI=1S/C20H31N3O5/c21-8-1-2-18-3-5-19(6-4-18)23-20(24)7-10-25-12-14-27-16-17-28-15-13-26-11-9-22/h3-6H,1-2,7,9-17,22H2,(H,23,24). The number of carbonyl (C=O) groups is 1. The van der Waals surface area contributed by atoms with E-state index >= 15 is 0 Å². The smallest absolute Gasteiger partial charge is 0.226 e. The van der Waals surface area contributed by atoms with Crippen molar-refractivity contribution in [1.29, 1.82) is 5.26 Å². The molecule has 0 aliphatic heterocycles. The second-order valence-corrected chi connectivity index (χ2v) is 5.89. The maximum atomic E-state index is 11.9. The molecule has 1 rings (SSSR count). The summed E-state index contributed by atoms with van der Waals surface area (Å²) < 4.78 is 21.3. The van der Waals surface area contributed by atoms with E-state index in [9.17, 15) is 4.79 Å². The Kier molecular flexibility index (Phi) is 14.7. The molecule has 0 aromatic heterocycles. The van der Waals surface area contributed by atoms with E-state index in [-0.39, 0.29) is 12.3 Å². The van der Waals surface area contributed by atoms with Crippen LogP contribution in [-0.4, -0.2) is 65.3 Å². The van der Waals surface area contributed by atoms with Gasteiger partial charge in [-0.2, -0.15) is 5.26 Å². The number of nitrogens with zero attached hydrogens (tertiary/aromatic N) is 1. The van der Waals surface area contributed by atoms with Crippen molar-refractivity contribution in [3.8, 4) is 6.07 Å². The molecule has 0 aliphatic rings. The average Bonchev–Trinajstić information content (AvgIpc) is 2.71. The fraction of sp³-hybridized carbons (Fsp3) is 0.600. The molecule has 156 valence electrons. The molecule has 0 aliphatic carbocycles. The zero-order chi connectivity index (χ0) is 20.3. The molecule has 8 nitrogen and oxygen atoms in total. The minimum Gasteiger partial charge on any atom is -0.379 e. The number of carbonyl (C=O) groups excluding carboxylic acids is 1. The van der Waals surface area contributed by atoms with E-state index in [0.717, 1.165) is 17.7 Å².